The Morgan fingerprint density at radius 1 is 1.07 bits per heavy atom. The Kier molecular flexibility index (Phi) is 5.01. The van der Waals surface area contributed by atoms with Crippen molar-refractivity contribution >= 4 is 10.9 Å². The van der Waals surface area contributed by atoms with Gasteiger partial charge in [0.25, 0.3) is 0 Å². The third-order valence-corrected chi connectivity index (χ3v) is 5.92. The Labute approximate surface area is 176 Å². The van der Waals surface area contributed by atoms with Gasteiger partial charge in [0.15, 0.2) is 0 Å². The molecule has 1 aromatic carbocycles. The molecule has 30 heavy (non-hydrogen) atoms. The lowest BCUT2D eigenvalue weighted by atomic mass is 10.0. The first-order valence-corrected chi connectivity index (χ1v) is 10.5. The zero-order chi connectivity index (χ0) is 20.5. The number of likely N-dealkylation sites (tertiary alicyclic amines) is 1. The first kappa shape index (κ1) is 18.9. The van der Waals surface area contributed by atoms with Gasteiger partial charge in [0.05, 0.1) is 28.2 Å². The first-order chi connectivity index (χ1) is 14.7. The number of fused-ring (bicyclic) bond motifs is 1. The van der Waals surface area contributed by atoms with E-state index in [2.05, 4.69) is 56.4 Å². The van der Waals surface area contributed by atoms with Crippen LogP contribution in [0.25, 0.3) is 22.2 Å². The molecule has 0 amide bonds. The van der Waals surface area contributed by atoms with Crippen molar-refractivity contribution in [3.63, 3.8) is 0 Å². The smallest absolute Gasteiger partial charge is 0.143 e. The van der Waals surface area contributed by atoms with Crippen LogP contribution in [0.3, 0.4) is 0 Å². The van der Waals surface area contributed by atoms with Crippen LogP contribution in [0.15, 0.2) is 53.3 Å². The summed E-state index contributed by atoms with van der Waals surface area (Å²) in [7, 11) is 0. The van der Waals surface area contributed by atoms with Gasteiger partial charge in [-0.05, 0) is 57.4 Å². The summed E-state index contributed by atoms with van der Waals surface area (Å²) in [4.78, 5) is 16.3. The maximum atomic E-state index is 5.30. The van der Waals surface area contributed by atoms with E-state index in [1.165, 1.54) is 11.8 Å². The molecule has 0 radical (unpaired) electrons. The van der Waals surface area contributed by atoms with Crippen molar-refractivity contribution in [2.24, 2.45) is 5.92 Å². The van der Waals surface area contributed by atoms with E-state index in [1.807, 2.05) is 19.9 Å². The molecular weight excluding hydrogens is 374 g/mol. The number of aryl methyl sites for hydroxylation is 2. The van der Waals surface area contributed by atoms with Gasteiger partial charge < -0.3 is 4.52 Å². The van der Waals surface area contributed by atoms with Crippen LogP contribution in [0.5, 0.6) is 0 Å². The normalized spacial score (nSPS) is 17.1. The van der Waals surface area contributed by atoms with E-state index in [0.717, 1.165) is 65.7 Å². The summed E-state index contributed by atoms with van der Waals surface area (Å²) in [6.45, 7) is 6.94. The molecule has 0 N–H and O–H groups in total. The summed E-state index contributed by atoms with van der Waals surface area (Å²) in [5.41, 5.74) is 6.03. The first-order valence-electron chi connectivity index (χ1n) is 10.5. The van der Waals surface area contributed by atoms with E-state index in [1.54, 1.807) is 6.33 Å². The van der Waals surface area contributed by atoms with Gasteiger partial charge >= 0.3 is 0 Å². The highest BCUT2D eigenvalue weighted by Gasteiger charge is 2.24. The Balaban J connectivity index is 1.25. The predicted octanol–water partition coefficient (Wildman–Crippen LogP) is 4.36. The molecule has 3 aromatic heterocycles. The van der Waals surface area contributed by atoms with Crippen LogP contribution >= 0.6 is 0 Å². The molecule has 0 saturated carbocycles. The molecule has 1 aliphatic heterocycles. The molecule has 152 valence electrons. The molecule has 0 unspecified atom stereocenters. The fourth-order valence-corrected chi connectivity index (χ4v) is 4.44. The summed E-state index contributed by atoms with van der Waals surface area (Å²) in [6.07, 6.45) is 3.79. The van der Waals surface area contributed by atoms with Gasteiger partial charge in [-0.25, -0.2) is 9.97 Å². The average Bonchev–Trinajstić information content (AvgIpc) is 3.33. The number of benzene rings is 1. The zero-order valence-electron chi connectivity index (χ0n) is 17.4. The van der Waals surface area contributed by atoms with Crippen molar-refractivity contribution < 1.29 is 4.52 Å². The molecule has 1 atom stereocenters. The molecule has 1 saturated heterocycles. The third-order valence-electron chi connectivity index (χ3n) is 5.92. The lowest BCUT2D eigenvalue weighted by molar-refractivity contribution is 0.312. The minimum absolute atomic E-state index is 0.595. The van der Waals surface area contributed by atoms with Gasteiger partial charge in [-0.1, -0.05) is 29.4 Å². The fourth-order valence-electron chi connectivity index (χ4n) is 4.44. The molecule has 5 rings (SSSR count). The van der Waals surface area contributed by atoms with Gasteiger partial charge in [0.1, 0.15) is 12.1 Å². The van der Waals surface area contributed by atoms with E-state index in [-0.39, 0.29) is 0 Å². The lowest BCUT2D eigenvalue weighted by Gasteiger charge is -2.16. The topological polar surface area (TPSA) is 67.9 Å². The Bertz CT molecular complexity index is 1170. The number of para-hydroxylation sites is 1. The number of hydrogen-bond donors (Lipinski definition) is 0. The standard InChI is InChI=1S/C24H25N5O/c1-16-24(17(2)30-28-16)23-12-21(25-15-26-23)11-18-9-10-29(13-18)14-20-8-7-19-5-3-4-6-22(19)27-20/h3-8,12,15,18H,9-11,13-14H2,1-2H3/t18-/m1/s1. The van der Waals surface area contributed by atoms with E-state index in [0.29, 0.717) is 5.92 Å². The highest BCUT2D eigenvalue weighted by molar-refractivity contribution is 5.78. The van der Waals surface area contributed by atoms with Crippen LogP contribution in [0.1, 0.15) is 29.3 Å². The van der Waals surface area contributed by atoms with Crippen molar-refractivity contribution in [2.75, 3.05) is 13.1 Å². The number of aromatic nitrogens is 4. The molecule has 4 heterocycles. The Morgan fingerprint density at radius 2 is 1.97 bits per heavy atom. The second-order valence-electron chi connectivity index (χ2n) is 8.18. The molecule has 6 nitrogen and oxygen atoms in total. The van der Waals surface area contributed by atoms with Crippen molar-refractivity contribution in [2.45, 2.75) is 33.2 Å². The van der Waals surface area contributed by atoms with Gasteiger partial charge in [-0.15, -0.1) is 0 Å². The van der Waals surface area contributed by atoms with Crippen LogP contribution in [-0.2, 0) is 13.0 Å². The van der Waals surface area contributed by atoms with Crippen LogP contribution in [-0.4, -0.2) is 38.1 Å². The monoisotopic (exact) mass is 399 g/mol. The number of nitrogens with zero attached hydrogens (tertiary/aromatic N) is 5. The SMILES string of the molecule is Cc1noc(C)c1-c1cc(C[C@H]2CCN(Cc3ccc4ccccc4n3)C2)ncn1. The summed E-state index contributed by atoms with van der Waals surface area (Å²) in [5.74, 6) is 1.39. The van der Waals surface area contributed by atoms with E-state index < -0.39 is 0 Å². The van der Waals surface area contributed by atoms with Gasteiger partial charge in [0.2, 0.25) is 0 Å². The van der Waals surface area contributed by atoms with Crippen molar-refractivity contribution in [3.8, 4) is 11.3 Å². The highest BCUT2D eigenvalue weighted by Crippen LogP contribution is 2.27. The molecule has 4 aromatic rings. The molecule has 0 aliphatic carbocycles. The van der Waals surface area contributed by atoms with E-state index in [9.17, 15) is 0 Å². The van der Waals surface area contributed by atoms with Gasteiger partial charge in [-0.2, -0.15) is 0 Å². The predicted molar refractivity (Wildman–Crippen MR) is 116 cm³/mol. The minimum atomic E-state index is 0.595. The number of pyridine rings is 1. The van der Waals surface area contributed by atoms with Crippen molar-refractivity contribution in [1.82, 2.24) is 25.0 Å². The molecule has 1 aliphatic rings. The Morgan fingerprint density at radius 3 is 2.83 bits per heavy atom. The molecular formula is C24H25N5O. The maximum Gasteiger partial charge on any atom is 0.143 e. The molecule has 0 spiro atoms. The minimum Gasteiger partial charge on any atom is -0.361 e. The fraction of sp³-hybridized carbons (Fsp3) is 0.333. The third kappa shape index (κ3) is 3.83. The lowest BCUT2D eigenvalue weighted by Crippen LogP contribution is -2.21. The zero-order valence-corrected chi connectivity index (χ0v) is 17.4. The second kappa shape index (κ2) is 7.95. The quantitative estimate of drug-likeness (QED) is 0.497. The van der Waals surface area contributed by atoms with Crippen molar-refractivity contribution in [3.05, 3.63) is 71.6 Å². The maximum absolute atomic E-state index is 5.30. The van der Waals surface area contributed by atoms with Crippen molar-refractivity contribution in [1.29, 1.82) is 0 Å². The van der Waals surface area contributed by atoms with E-state index in [4.69, 9.17) is 9.51 Å². The Hall–Kier alpha value is -3.12. The van der Waals surface area contributed by atoms with Gasteiger partial charge in [-0.3, -0.25) is 9.88 Å². The molecule has 0 bridgehead atoms. The van der Waals surface area contributed by atoms with Crippen LogP contribution in [0.2, 0.25) is 0 Å². The number of rotatable bonds is 5. The molecule has 6 heteroatoms. The van der Waals surface area contributed by atoms with Crippen LogP contribution in [0, 0.1) is 19.8 Å². The van der Waals surface area contributed by atoms with Crippen LogP contribution in [0.4, 0.5) is 0 Å². The summed E-state index contributed by atoms with van der Waals surface area (Å²) in [6, 6.07) is 14.7. The van der Waals surface area contributed by atoms with Gasteiger partial charge in [0, 0.05) is 24.2 Å². The van der Waals surface area contributed by atoms with E-state index >= 15 is 0 Å². The number of hydrogen-bond acceptors (Lipinski definition) is 6. The molecule has 1 fully saturated rings. The summed E-state index contributed by atoms with van der Waals surface area (Å²) in [5, 5.41) is 5.24. The average molecular weight is 399 g/mol. The largest absolute Gasteiger partial charge is 0.361 e. The highest BCUT2D eigenvalue weighted by atomic mass is 16.5. The second-order valence-corrected chi connectivity index (χ2v) is 8.18. The summed E-state index contributed by atoms with van der Waals surface area (Å²) >= 11 is 0. The summed E-state index contributed by atoms with van der Waals surface area (Å²) < 4.78 is 5.30. The van der Waals surface area contributed by atoms with Crippen LogP contribution < -0.4 is 0 Å².